The van der Waals surface area contributed by atoms with Crippen LogP contribution in [0.25, 0.3) is 0 Å². The molecule has 0 aromatic heterocycles. The van der Waals surface area contributed by atoms with E-state index in [2.05, 4.69) is 10.6 Å². The number of piperidine rings is 1. The SMILES string of the molecule is O=C(CCCc1ccc(F)c(F)c1)NC1CCCNC1. The lowest BCUT2D eigenvalue weighted by molar-refractivity contribution is -0.122. The molecule has 0 radical (unpaired) electrons. The fourth-order valence-corrected chi connectivity index (χ4v) is 2.42. The summed E-state index contributed by atoms with van der Waals surface area (Å²) in [5.74, 6) is -1.64. The van der Waals surface area contributed by atoms with Crippen LogP contribution in [0.5, 0.6) is 0 Å². The summed E-state index contributed by atoms with van der Waals surface area (Å²) in [7, 11) is 0. The van der Waals surface area contributed by atoms with E-state index in [-0.39, 0.29) is 11.9 Å². The van der Waals surface area contributed by atoms with E-state index >= 15 is 0 Å². The molecule has 2 N–H and O–H groups in total. The quantitative estimate of drug-likeness (QED) is 0.869. The summed E-state index contributed by atoms with van der Waals surface area (Å²) in [6.07, 6.45) is 3.72. The highest BCUT2D eigenvalue weighted by Gasteiger charge is 2.14. The molecule has 1 atom stereocenters. The van der Waals surface area contributed by atoms with Crippen molar-refractivity contribution in [3.8, 4) is 0 Å². The number of hydrogen-bond donors (Lipinski definition) is 2. The number of hydrogen-bond acceptors (Lipinski definition) is 2. The van der Waals surface area contributed by atoms with E-state index in [1.807, 2.05) is 0 Å². The molecular weight excluding hydrogens is 262 g/mol. The van der Waals surface area contributed by atoms with Crippen molar-refractivity contribution in [2.75, 3.05) is 13.1 Å². The zero-order chi connectivity index (χ0) is 14.4. The van der Waals surface area contributed by atoms with Gasteiger partial charge in [-0.3, -0.25) is 4.79 Å². The van der Waals surface area contributed by atoms with Crippen LogP contribution in [0.3, 0.4) is 0 Å². The van der Waals surface area contributed by atoms with Gasteiger partial charge in [-0.25, -0.2) is 8.78 Å². The minimum atomic E-state index is -0.837. The minimum absolute atomic E-state index is 0.0290. The van der Waals surface area contributed by atoms with Gasteiger partial charge in [-0.05, 0) is 49.9 Å². The third-order valence-corrected chi connectivity index (χ3v) is 3.52. The van der Waals surface area contributed by atoms with Crippen molar-refractivity contribution in [3.05, 3.63) is 35.4 Å². The molecule has 0 bridgehead atoms. The number of benzene rings is 1. The molecule has 2 rings (SSSR count). The maximum atomic E-state index is 13.0. The van der Waals surface area contributed by atoms with Crippen LogP contribution in [0.4, 0.5) is 8.78 Å². The number of amides is 1. The summed E-state index contributed by atoms with van der Waals surface area (Å²) < 4.78 is 25.8. The number of rotatable bonds is 5. The summed E-state index contributed by atoms with van der Waals surface area (Å²) >= 11 is 0. The first-order valence-electron chi connectivity index (χ1n) is 7.09. The Kier molecular flexibility index (Phi) is 5.47. The Balaban J connectivity index is 1.69. The van der Waals surface area contributed by atoms with Gasteiger partial charge in [0.1, 0.15) is 0 Å². The van der Waals surface area contributed by atoms with E-state index < -0.39 is 11.6 Å². The molecule has 1 aliphatic heterocycles. The Hall–Kier alpha value is -1.49. The summed E-state index contributed by atoms with van der Waals surface area (Å²) in [6.45, 7) is 1.84. The average Bonchev–Trinajstić information content (AvgIpc) is 2.44. The standard InChI is InChI=1S/C15H20F2N2O/c16-13-7-6-11(9-14(13)17)3-1-5-15(20)19-12-4-2-8-18-10-12/h6-7,9,12,18H,1-5,8,10H2,(H,19,20). The predicted octanol–water partition coefficient (Wildman–Crippen LogP) is 2.16. The Bertz CT molecular complexity index is 459. The Morgan fingerprint density at radius 1 is 1.35 bits per heavy atom. The summed E-state index contributed by atoms with van der Waals surface area (Å²) in [5, 5.41) is 6.23. The monoisotopic (exact) mass is 282 g/mol. The fraction of sp³-hybridized carbons (Fsp3) is 0.533. The number of nitrogens with one attached hydrogen (secondary N) is 2. The average molecular weight is 282 g/mol. The van der Waals surface area contributed by atoms with Crippen molar-refractivity contribution in [1.29, 1.82) is 0 Å². The van der Waals surface area contributed by atoms with Gasteiger partial charge in [-0.2, -0.15) is 0 Å². The molecule has 1 saturated heterocycles. The summed E-state index contributed by atoms with van der Waals surface area (Å²) in [5.41, 5.74) is 0.719. The van der Waals surface area contributed by atoms with Gasteiger partial charge in [-0.1, -0.05) is 6.07 Å². The molecule has 0 saturated carbocycles. The van der Waals surface area contributed by atoms with Gasteiger partial charge in [0.05, 0.1) is 0 Å². The molecule has 0 aliphatic carbocycles. The van der Waals surface area contributed by atoms with Crippen molar-refractivity contribution in [2.45, 2.75) is 38.1 Å². The van der Waals surface area contributed by atoms with Gasteiger partial charge < -0.3 is 10.6 Å². The molecule has 1 unspecified atom stereocenters. The van der Waals surface area contributed by atoms with Crippen LogP contribution in [0, 0.1) is 11.6 Å². The van der Waals surface area contributed by atoms with Crippen molar-refractivity contribution in [3.63, 3.8) is 0 Å². The van der Waals surface area contributed by atoms with E-state index in [4.69, 9.17) is 0 Å². The highest BCUT2D eigenvalue weighted by atomic mass is 19.2. The number of aryl methyl sites for hydroxylation is 1. The first-order valence-corrected chi connectivity index (χ1v) is 7.09. The molecule has 5 heteroatoms. The first kappa shape index (κ1) is 14.9. The van der Waals surface area contributed by atoms with E-state index in [9.17, 15) is 13.6 Å². The zero-order valence-electron chi connectivity index (χ0n) is 11.4. The number of halogens is 2. The molecule has 3 nitrogen and oxygen atoms in total. The molecule has 0 spiro atoms. The molecule has 1 aromatic carbocycles. The van der Waals surface area contributed by atoms with Crippen LogP contribution >= 0.6 is 0 Å². The third-order valence-electron chi connectivity index (χ3n) is 3.52. The second kappa shape index (κ2) is 7.33. The van der Waals surface area contributed by atoms with E-state index in [1.165, 1.54) is 6.07 Å². The largest absolute Gasteiger partial charge is 0.352 e. The van der Waals surface area contributed by atoms with Gasteiger partial charge in [0.15, 0.2) is 11.6 Å². The molecule has 20 heavy (non-hydrogen) atoms. The Labute approximate surface area is 117 Å². The zero-order valence-corrected chi connectivity index (χ0v) is 11.4. The Morgan fingerprint density at radius 3 is 2.90 bits per heavy atom. The fourth-order valence-electron chi connectivity index (χ4n) is 2.42. The van der Waals surface area contributed by atoms with Crippen molar-refractivity contribution < 1.29 is 13.6 Å². The van der Waals surface area contributed by atoms with Crippen LogP contribution in [0.1, 0.15) is 31.2 Å². The predicted molar refractivity (Wildman–Crippen MR) is 73.3 cm³/mol. The van der Waals surface area contributed by atoms with Crippen molar-refractivity contribution in [1.82, 2.24) is 10.6 Å². The van der Waals surface area contributed by atoms with Crippen LogP contribution in [-0.2, 0) is 11.2 Å². The second-order valence-electron chi connectivity index (χ2n) is 5.21. The third kappa shape index (κ3) is 4.56. The lowest BCUT2D eigenvalue weighted by atomic mass is 10.1. The second-order valence-corrected chi connectivity index (χ2v) is 5.21. The van der Waals surface area contributed by atoms with Crippen LogP contribution in [0.15, 0.2) is 18.2 Å². The number of carbonyl (C=O) groups excluding carboxylic acids is 1. The normalized spacial score (nSPS) is 18.8. The molecule has 1 heterocycles. The summed E-state index contributed by atoms with van der Waals surface area (Å²) in [4.78, 5) is 11.7. The van der Waals surface area contributed by atoms with E-state index in [1.54, 1.807) is 6.07 Å². The van der Waals surface area contributed by atoms with Gasteiger partial charge in [0.25, 0.3) is 0 Å². The Morgan fingerprint density at radius 2 is 2.20 bits per heavy atom. The maximum absolute atomic E-state index is 13.0. The molecule has 1 amide bonds. The van der Waals surface area contributed by atoms with E-state index in [0.29, 0.717) is 19.3 Å². The summed E-state index contributed by atoms with van der Waals surface area (Å²) in [6, 6.07) is 4.09. The van der Waals surface area contributed by atoms with Crippen molar-refractivity contribution >= 4 is 5.91 Å². The van der Waals surface area contributed by atoms with Crippen LogP contribution in [0.2, 0.25) is 0 Å². The topological polar surface area (TPSA) is 41.1 Å². The van der Waals surface area contributed by atoms with Gasteiger partial charge in [-0.15, -0.1) is 0 Å². The first-order chi connectivity index (χ1) is 9.65. The van der Waals surface area contributed by atoms with Crippen molar-refractivity contribution in [2.24, 2.45) is 0 Å². The van der Waals surface area contributed by atoms with Gasteiger partial charge >= 0.3 is 0 Å². The number of carbonyl (C=O) groups is 1. The maximum Gasteiger partial charge on any atom is 0.220 e. The molecule has 1 aliphatic rings. The highest BCUT2D eigenvalue weighted by molar-refractivity contribution is 5.76. The molecule has 1 fully saturated rings. The smallest absolute Gasteiger partial charge is 0.220 e. The van der Waals surface area contributed by atoms with Crippen LogP contribution < -0.4 is 10.6 Å². The highest BCUT2D eigenvalue weighted by Crippen LogP contribution is 2.11. The molecule has 1 aromatic rings. The molecule has 110 valence electrons. The van der Waals surface area contributed by atoms with Gasteiger partial charge in [0.2, 0.25) is 5.91 Å². The van der Waals surface area contributed by atoms with E-state index in [0.717, 1.165) is 37.6 Å². The molecular formula is C15H20F2N2O. The lowest BCUT2D eigenvalue weighted by Crippen LogP contribution is -2.45. The lowest BCUT2D eigenvalue weighted by Gasteiger charge is -2.23. The minimum Gasteiger partial charge on any atom is -0.352 e. The van der Waals surface area contributed by atoms with Gasteiger partial charge in [0, 0.05) is 19.0 Å². The van der Waals surface area contributed by atoms with Crippen LogP contribution in [-0.4, -0.2) is 25.0 Å².